The van der Waals surface area contributed by atoms with Crippen molar-refractivity contribution < 1.29 is 0 Å². The second-order valence-corrected chi connectivity index (χ2v) is 5.72. The molecule has 0 aliphatic carbocycles. The summed E-state index contributed by atoms with van der Waals surface area (Å²) in [5.41, 5.74) is 4.86. The van der Waals surface area contributed by atoms with E-state index in [9.17, 15) is 0 Å². The van der Waals surface area contributed by atoms with Crippen LogP contribution in [0.3, 0.4) is 0 Å². The molecule has 0 nitrogen and oxygen atoms in total. The molecule has 0 amide bonds. The molecule has 0 heterocycles. The summed E-state index contributed by atoms with van der Waals surface area (Å²) in [5, 5.41) is 5.17. The van der Waals surface area contributed by atoms with Gasteiger partial charge in [0.15, 0.2) is 0 Å². The molecular weight excluding hydrogens is 264 g/mol. The molecule has 3 aromatic rings. The van der Waals surface area contributed by atoms with E-state index in [1.807, 2.05) is 12.2 Å². The third-order valence-electron chi connectivity index (χ3n) is 4.23. The maximum atomic E-state index is 4.07. The Morgan fingerprint density at radius 3 is 2.32 bits per heavy atom. The van der Waals surface area contributed by atoms with Gasteiger partial charge in [0.05, 0.1) is 0 Å². The molecule has 22 heavy (non-hydrogen) atoms. The Kier molecular flexibility index (Phi) is 3.68. The Balaban J connectivity index is 2.50. The fourth-order valence-electron chi connectivity index (χ4n) is 3.03. The summed E-state index contributed by atoms with van der Waals surface area (Å²) < 4.78 is 0. The van der Waals surface area contributed by atoms with Gasteiger partial charge in [0.1, 0.15) is 0 Å². The normalized spacial score (nSPS) is 11.4. The third-order valence-corrected chi connectivity index (χ3v) is 4.23. The summed E-state index contributed by atoms with van der Waals surface area (Å²) in [5.74, 6) is 0. The van der Waals surface area contributed by atoms with Crippen LogP contribution < -0.4 is 0 Å². The fourth-order valence-corrected chi connectivity index (χ4v) is 3.03. The van der Waals surface area contributed by atoms with Gasteiger partial charge in [-0.3, -0.25) is 0 Å². The maximum absolute atomic E-state index is 4.07. The van der Waals surface area contributed by atoms with Crippen molar-refractivity contribution in [3.05, 3.63) is 84.5 Å². The molecule has 0 aliphatic rings. The van der Waals surface area contributed by atoms with Gasteiger partial charge in [-0.05, 0) is 58.1 Å². The van der Waals surface area contributed by atoms with Gasteiger partial charge in [-0.25, -0.2) is 0 Å². The van der Waals surface area contributed by atoms with Crippen LogP contribution >= 0.6 is 0 Å². The van der Waals surface area contributed by atoms with E-state index in [0.29, 0.717) is 0 Å². The quantitative estimate of drug-likeness (QED) is 0.378. The van der Waals surface area contributed by atoms with E-state index in [4.69, 9.17) is 0 Å². The van der Waals surface area contributed by atoms with Crippen molar-refractivity contribution in [2.45, 2.75) is 13.8 Å². The molecule has 0 saturated carbocycles. The van der Waals surface area contributed by atoms with Crippen molar-refractivity contribution in [3.8, 4) is 0 Å². The first-order chi connectivity index (χ1) is 10.6. The van der Waals surface area contributed by atoms with E-state index in [-0.39, 0.29) is 0 Å². The minimum atomic E-state index is 1.10. The highest BCUT2D eigenvalue weighted by molar-refractivity contribution is 6.13. The minimum Gasteiger partial charge on any atom is -0.0991 e. The molecule has 0 bridgehead atoms. The molecule has 0 saturated heterocycles. The Morgan fingerprint density at radius 2 is 1.64 bits per heavy atom. The average Bonchev–Trinajstić information content (AvgIpc) is 2.54. The largest absolute Gasteiger partial charge is 0.0991 e. The monoisotopic (exact) mass is 284 g/mol. The summed E-state index contributed by atoms with van der Waals surface area (Å²) in [6.07, 6.45) is 5.98. The first kappa shape index (κ1) is 14.3. The standard InChI is InChI=1S/C22H20/c1-5-6-9-18-16(4)22-14-17(15(2)3)12-13-21(22)20-11-8-7-10-19(18)20/h5-14H,1-2H2,3-4H3/b9-6-. The molecule has 0 aliphatic heterocycles. The lowest BCUT2D eigenvalue weighted by molar-refractivity contribution is 1.51. The van der Waals surface area contributed by atoms with Gasteiger partial charge in [0, 0.05) is 0 Å². The molecule has 108 valence electrons. The van der Waals surface area contributed by atoms with Crippen molar-refractivity contribution in [3.63, 3.8) is 0 Å². The molecule has 3 rings (SSSR count). The highest BCUT2D eigenvalue weighted by atomic mass is 14.1. The van der Waals surface area contributed by atoms with Gasteiger partial charge in [0.25, 0.3) is 0 Å². The van der Waals surface area contributed by atoms with Gasteiger partial charge >= 0.3 is 0 Å². The number of allylic oxidation sites excluding steroid dienone is 3. The lowest BCUT2D eigenvalue weighted by Crippen LogP contribution is -1.90. The van der Waals surface area contributed by atoms with Crippen LogP contribution in [-0.4, -0.2) is 0 Å². The molecule has 0 fully saturated rings. The number of benzene rings is 3. The van der Waals surface area contributed by atoms with E-state index in [1.165, 1.54) is 38.2 Å². The van der Waals surface area contributed by atoms with Crippen LogP contribution in [0.5, 0.6) is 0 Å². The summed E-state index contributed by atoms with van der Waals surface area (Å²) >= 11 is 0. The molecule has 0 radical (unpaired) electrons. The van der Waals surface area contributed by atoms with Crippen molar-refractivity contribution in [1.82, 2.24) is 0 Å². The Bertz CT molecular complexity index is 924. The molecule has 0 atom stereocenters. The first-order valence-corrected chi connectivity index (χ1v) is 7.53. The second kappa shape index (κ2) is 5.65. The lowest BCUT2D eigenvalue weighted by atomic mass is 9.90. The van der Waals surface area contributed by atoms with Gasteiger partial charge < -0.3 is 0 Å². The van der Waals surface area contributed by atoms with Crippen LogP contribution in [0.2, 0.25) is 0 Å². The van der Waals surface area contributed by atoms with Gasteiger partial charge in [-0.15, -0.1) is 0 Å². The summed E-state index contributed by atoms with van der Waals surface area (Å²) in [4.78, 5) is 0. The van der Waals surface area contributed by atoms with E-state index in [0.717, 1.165) is 5.57 Å². The number of rotatable bonds is 3. The van der Waals surface area contributed by atoms with Crippen molar-refractivity contribution >= 4 is 33.2 Å². The maximum Gasteiger partial charge on any atom is -0.00992 e. The lowest BCUT2D eigenvalue weighted by Gasteiger charge is -2.14. The predicted octanol–water partition coefficient (Wildman–Crippen LogP) is 6.53. The zero-order valence-corrected chi connectivity index (χ0v) is 13.2. The summed E-state index contributed by atoms with van der Waals surface area (Å²) in [6, 6.07) is 15.2. The van der Waals surface area contributed by atoms with Crippen LogP contribution in [-0.2, 0) is 0 Å². The second-order valence-electron chi connectivity index (χ2n) is 5.72. The van der Waals surface area contributed by atoms with Crippen LogP contribution in [0.1, 0.15) is 23.6 Å². The van der Waals surface area contributed by atoms with E-state index in [1.54, 1.807) is 0 Å². The minimum absolute atomic E-state index is 1.10. The molecule has 0 unspecified atom stereocenters. The molecule has 3 aromatic carbocycles. The van der Waals surface area contributed by atoms with Crippen molar-refractivity contribution in [1.29, 1.82) is 0 Å². The predicted molar refractivity (Wildman–Crippen MR) is 100 cm³/mol. The highest BCUT2D eigenvalue weighted by Crippen LogP contribution is 2.34. The number of hydrogen-bond donors (Lipinski definition) is 0. The molecule has 0 spiro atoms. The van der Waals surface area contributed by atoms with E-state index >= 15 is 0 Å². The first-order valence-electron chi connectivity index (χ1n) is 7.53. The Morgan fingerprint density at radius 1 is 0.955 bits per heavy atom. The van der Waals surface area contributed by atoms with E-state index < -0.39 is 0 Å². The van der Waals surface area contributed by atoms with Crippen LogP contribution in [0.15, 0.2) is 67.8 Å². The smallest absolute Gasteiger partial charge is 0.00992 e. The highest BCUT2D eigenvalue weighted by Gasteiger charge is 2.10. The van der Waals surface area contributed by atoms with Crippen LogP contribution in [0, 0.1) is 6.92 Å². The number of fused-ring (bicyclic) bond motifs is 3. The Hall–Kier alpha value is -2.60. The Labute approximate surface area is 132 Å². The fraction of sp³-hybridized carbons (Fsp3) is 0.0909. The van der Waals surface area contributed by atoms with Crippen LogP contribution in [0.25, 0.3) is 33.2 Å². The van der Waals surface area contributed by atoms with Gasteiger partial charge in [-0.1, -0.05) is 73.4 Å². The van der Waals surface area contributed by atoms with Gasteiger partial charge in [0.2, 0.25) is 0 Å². The zero-order chi connectivity index (χ0) is 15.7. The summed E-state index contributed by atoms with van der Waals surface area (Å²) in [7, 11) is 0. The molecule has 0 aromatic heterocycles. The average molecular weight is 284 g/mol. The van der Waals surface area contributed by atoms with Crippen LogP contribution in [0.4, 0.5) is 0 Å². The molecule has 0 N–H and O–H groups in total. The number of hydrogen-bond acceptors (Lipinski definition) is 0. The van der Waals surface area contributed by atoms with Gasteiger partial charge in [-0.2, -0.15) is 0 Å². The third kappa shape index (κ3) is 2.27. The van der Waals surface area contributed by atoms with Crippen molar-refractivity contribution in [2.24, 2.45) is 0 Å². The zero-order valence-electron chi connectivity index (χ0n) is 13.2. The molecular formula is C22H20. The number of aryl methyl sites for hydroxylation is 1. The van der Waals surface area contributed by atoms with Crippen molar-refractivity contribution in [2.75, 3.05) is 0 Å². The SMILES string of the molecule is C=C/C=C\c1c(C)c2cc(C(=C)C)ccc2c2ccccc12. The van der Waals surface area contributed by atoms with E-state index in [2.05, 4.69) is 75.5 Å². The summed E-state index contributed by atoms with van der Waals surface area (Å²) in [6.45, 7) is 12.1. The molecule has 0 heteroatoms. The topological polar surface area (TPSA) is 0 Å².